The molecule has 1 aromatic carbocycles. The van der Waals surface area contributed by atoms with Gasteiger partial charge in [0.1, 0.15) is 17.3 Å². The van der Waals surface area contributed by atoms with Crippen LogP contribution >= 0.6 is 15.9 Å². The second-order valence-electron chi connectivity index (χ2n) is 3.33. The zero-order chi connectivity index (χ0) is 13.3. The number of ether oxygens (including phenoxy) is 1. The lowest BCUT2D eigenvalue weighted by molar-refractivity contribution is 0.407. The van der Waals surface area contributed by atoms with Gasteiger partial charge in [-0.2, -0.15) is 0 Å². The van der Waals surface area contributed by atoms with Crippen molar-refractivity contribution in [3.05, 3.63) is 44.9 Å². The minimum atomic E-state index is -0.841. The normalized spacial score (nSPS) is 10.4. The molecule has 18 heavy (non-hydrogen) atoms. The molecule has 0 unspecified atom stereocenters. The molecule has 0 aliphatic heterocycles. The first kappa shape index (κ1) is 12.7. The van der Waals surface area contributed by atoms with Crippen molar-refractivity contribution in [2.24, 2.45) is 0 Å². The van der Waals surface area contributed by atoms with E-state index < -0.39 is 22.8 Å². The molecule has 0 saturated carbocycles. The molecule has 2 aromatic rings. The summed E-state index contributed by atoms with van der Waals surface area (Å²) in [4.78, 5) is 17.5. The number of nitrogens with one attached hydrogen (secondary N) is 1. The van der Waals surface area contributed by atoms with Gasteiger partial charge < -0.3 is 9.72 Å². The predicted octanol–water partition coefficient (Wildman–Crippen LogP) is 2.49. The Labute approximate surface area is 109 Å². The quantitative estimate of drug-likeness (QED) is 0.866. The van der Waals surface area contributed by atoms with Gasteiger partial charge in [0, 0.05) is 0 Å². The van der Waals surface area contributed by atoms with Crippen LogP contribution in [0.3, 0.4) is 0 Å². The number of halogens is 3. The molecule has 1 aromatic heterocycles. The van der Waals surface area contributed by atoms with Crippen molar-refractivity contribution >= 4 is 15.9 Å². The monoisotopic (exact) mass is 316 g/mol. The maximum Gasteiger partial charge on any atom is 0.293 e. The lowest BCUT2D eigenvalue weighted by Gasteiger charge is -2.08. The second-order valence-corrected chi connectivity index (χ2v) is 4.19. The van der Waals surface area contributed by atoms with Crippen LogP contribution in [0.15, 0.2) is 27.7 Å². The molecule has 94 valence electrons. The summed E-state index contributed by atoms with van der Waals surface area (Å²) < 4.78 is 32.5. The molecule has 0 aliphatic rings. The molecule has 1 heterocycles. The molecule has 7 heteroatoms. The van der Waals surface area contributed by atoms with E-state index >= 15 is 0 Å². The summed E-state index contributed by atoms with van der Waals surface area (Å²) in [5.74, 6) is -1.91. The third kappa shape index (κ3) is 2.01. The summed E-state index contributed by atoms with van der Waals surface area (Å²) >= 11 is 2.95. The number of aromatic amines is 1. The minimum Gasteiger partial charge on any atom is -0.490 e. The topological polar surface area (TPSA) is 55.0 Å². The highest BCUT2D eigenvalue weighted by molar-refractivity contribution is 9.10. The SMILES string of the molecule is COc1c(-c2c(F)ccc(Br)c2F)nc[nH]c1=O. The number of hydrogen-bond donors (Lipinski definition) is 1. The van der Waals surface area contributed by atoms with E-state index in [4.69, 9.17) is 4.74 Å². The zero-order valence-electron chi connectivity index (χ0n) is 9.13. The first-order chi connectivity index (χ1) is 8.56. The van der Waals surface area contributed by atoms with E-state index in [0.29, 0.717) is 0 Å². The van der Waals surface area contributed by atoms with Gasteiger partial charge in [0.15, 0.2) is 0 Å². The molecule has 2 rings (SSSR count). The number of H-pyrrole nitrogens is 1. The fraction of sp³-hybridized carbons (Fsp3) is 0.0909. The van der Waals surface area contributed by atoms with E-state index in [9.17, 15) is 13.6 Å². The fourth-order valence-electron chi connectivity index (χ4n) is 1.50. The maximum absolute atomic E-state index is 13.9. The van der Waals surface area contributed by atoms with Gasteiger partial charge in [0.2, 0.25) is 5.75 Å². The first-order valence-electron chi connectivity index (χ1n) is 4.81. The second kappa shape index (κ2) is 4.85. The summed E-state index contributed by atoms with van der Waals surface area (Å²) in [5, 5.41) is 0. The van der Waals surface area contributed by atoms with Crippen molar-refractivity contribution in [1.82, 2.24) is 9.97 Å². The van der Waals surface area contributed by atoms with Crippen molar-refractivity contribution in [2.75, 3.05) is 7.11 Å². The average Bonchev–Trinajstić information content (AvgIpc) is 2.35. The Balaban J connectivity index is 2.81. The molecule has 0 aliphatic carbocycles. The summed E-state index contributed by atoms with van der Waals surface area (Å²) in [7, 11) is 1.23. The van der Waals surface area contributed by atoms with Crippen LogP contribution in [0.5, 0.6) is 5.75 Å². The van der Waals surface area contributed by atoms with Gasteiger partial charge >= 0.3 is 0 Å². The number of hydrogen-bond acceptors (Lipinski definition) is 3. The first-order valence-corrected chi connectivity index (χ1v) is 5.61. The Kier molecular flexibility index (Phi) is 3.42. The summed E-state index contributed by atoms with van der Waals surface area (Å²) in [6.07, 6.45) is 1.06. The molecule has 0 atom stereocenters. The number of nitrogens with zero attached hydrogens (tertiary/aromatic N) is 1. The summed E-state index contributed by atoms with van der Waals surface area (Å²) in [6, 6.07) is 2.30. The third-order valence-corrected chi connectivity index (χ3v) is 2.91. The Bertz CT molecular complexity index is 658. The Morgan fingerprint density at radius 1 is 1.39 bits per heavy atom. The van der Waals surface area contributed by atoms with E-state index in [1.807, 2.05) is 0 Å². The highest BCUT2D eigenvalue weighted by atomic mass is 79.9. The van der Waals surface area contributed by atoms with Crippen LogP contribution in [0.4, 0.5) is 8.78 Å². The molecule has 0 amide bonds. The van der Waals surface area contributed by atoms with Gasteiger partial charge in [-0.15, -0.1) is 0 Å². The van der Waals surface area contributed by atoms with Crippen LogP contribution < -0.4 is 10.3 Å². The molecule has 0 fully saturated rings. The lowest BCUT2D eigenvalue weighted by Crippen LogP contribution is -2.12. The molecular formula is C11H7BrF2N2O2. The van der Waals surface area contributed by atoms with Crippen molar-refractivity contribution in [3.8, 4) is 17.0 Å². The maximum atomic E-state index is 13.9. The van der Waals surface area contributed by atoms with Gasteiger partial charge in [0.25, 0.3) is 5.56 Å². The molecule has 0 spiro atoms. The highest BCUT2D eigenvalue weighted by Crippen LogP contribution is 2.32. The Morgan fingerprint density at radius 3 is 2.78 bits per heavy atom. The fourth-order valence-corrected chi connectivity index (χ4v) is 1.83. The molecule has 0 bridgehead atoms. The summed E-state index contributed by atoms with van der Waals surface area (Å²) in [5.41, 5.74) is -1.20. The van der Waals surface area contributed by atoms with Gasteiger partial charge in [-0.05, 0) is 28.1 Å². The molecule has 0 radical (unpaired) electrons. The lowest BCUT2D eigenvalue weighted by atomic mass is 10.1. The number of methoxy groups -OCH3 is 1. The molecular weight excluding hydrogens is 310 g/mol. The van der Waals surface area contributed by atoms with E-state index in [1.54, 1.807) is 0 Å². The van der Waals surface area contributed by atoms with E-state index in [2.05, 4.69) is 25.9 Å². The van der Waals surface area contributed by atoms with Gasteiger partial charge in [0.05, 0.1) is 23.5 Å². The van der Waals surface area contributed by atoms with E-state index in [0.717, 1.165) is 12.4 Å². The van der Waals surface area contributed by atoms with Crippen LogP contribution in [-0.2, 0) is 0 Å². The van der Waals surface area contributed by atoms with Crippen molar-refractivity contribution < 1.29 is 13.5 Å². The van der Waals surface area contributed by atoms with Gasteiger partial charge in [-0.3, -0.25) is 4.79 Å². The molecule has 1 N–H and O–H groups in total. The minimum absolute atomic E-state index is 0.0723. The Hall–Kier alpha value is -1.76. The smallest absolute Gasteiger partial charge is 0.293 e. The average molecular weight is 317 g/mol. The number of aromatic nitrogens is 2. The van der Waals surface area contributed by atoms with Gasteiger partial charge in [-0.1, -0.05) is 0 Å². The third-order valence-electron chi connectivity index (χ3n) is 2.30. The highest BCUT2D eigenvalue weighted by Gasteiger charge is 2.21. The molecule has 4 nitrogen and oxygen atoms in total. The van der Waals surface area contributed by atoms with Crippen LogP contribution in [0.25, 0.3) is 11.3 Å². The van der Waals surface area contributed by atoms with Crippen molar-refractivity contribution in [2.45, 2.75) is 0 Å². The van der Waals surface area contributed by atoms with E-state index in [1.165, 1.54) is 13.2 Å². The largest absolute Gasteiger partial charge is 0.490 e. The van der Waals surface area contributed by atoms with Crippen molar-refractivity contribution in [3.63, 3.8) is 0 Å². The van der Waals surface area contributed by atoms with Crippen LogP contribution in [-0.4, -0.2) is 17.1 Å². The van der Waals surface area contributed by atoms with E-state index in [-0.39, 0.29) is 15.9 Å². The zero-order valence-corrected chi connectivity index (χ0v) is 10.7. The number of rotatable bonds is 2. The standard InChI is InChI=1S/C11H7BrF2N2O2/c1-18-10-9(15-4-16-11(10)17)7-6(13)3-2-5(12)8(7)14/h2-4H,1H3,(H,15,16,17). The predicted molar refractivity (Wildman–Crippen MR) is 64.5 cm³/mol. The summed E-state index contributed by atoms with van der Waals surface area (Å²) in [6.45, 7) is 0. The van der Waals surface area contributed by atoms with Crippen LogP contribution in [0.1, 0.15) is 0 Å². The Morgan fingerprint density at radius 2 is 2.11 bits per heavy atom. The van der Waals surface area contributed by atoms with Crippen LogP contribution in [0.2, 0.25) is 0 Å². The molecule has 0 saturated heterocycles. The number of benzene rings is 1. The van der Waals surface area contributed by atoms with Crippen molar-refractivity contribution in [1.29, 1.82) is 0 Å². The van der Waals surface area contributed by atoms with Crippen LogP contribution in [0, 0.1) is 11.6 Å². The van der Waals surface area contributed by atoms with Gasteiger partial charge in [-0.25, -0.2) is 13.8 Å².